The van der Waals surface area contributed by atoms with Gasteiger partial charge in [0.1, 0.15) is 0 Å². The molecular weight excluding hydrogens is 188 g/mol. The van der Waals surface area contributed by atoms with Gasteiger partial charge in [0.05, 0.1) is 6.61 Å². The van der Waals surface area contributed by atoms with Gasteiger partial charge in [0, 0.05) is 0 Å². The third kappa shape index (κ3) is 2.37. The number of hydrogen-bond donors (Lipinski definition) is 2. The summed E-state index contributed by atoms with van der Waals surface area (Å²) in [5.74, 6) is 1.47. The summed E-state index contributed by atoms with van der Waals surface area (Å²) in [5.41, 5.74) is 0.842. The van der Waals surface area contributed by atoms with Crippen LogP contribution in [0, 0.1) is 0 Å². The fraction of sp³-hybridized carbons (Fsp3) is 0.222. The SMILES string of the molecule is O=CO.OCc1ccc2c(c1)OCO2. The summed E-state index contributed by atoms with van der Waals surface area (Å²) >= 11 is 0. The molecule has 0 fully saturated rings. The Kier molecular flexibility index (Phi) is 3.75. The zero-order valence-electron chi connectivity index (χ0n) is 7.34. The molecule has 0 radical (unpaired) electrons. The Morgan fingerprint density at radius 2 is 2.00 bits per heavy atom. The summed E-state index contributed by atoms with van der Waals surface area (Å²) in [6.07, 6.45) is 0. The van der Waals surface area contributed by atoms with Crippen LogP contribution in [0.15, 0.2) is 18.2 Å². The average molecular weight is 198 g/mol. The summed E-state index contributed by atoms with van der Waals surface area (Å²) in [4.78, 5) is 8.36. The summed E-state index contributed by atoms with van der Waals surface area (Å²) < 4.78 is 10.2. The van der Waals surface area contributed by atoms with E-state index in [9.17, 15) is 0 Å². The van der Waals surface area contributed by atoms with Crippen LogP contribution in [-0.2, 0) is 11.4 Å². The number of rotatable bonds is 1. The van der Waals surface area contributed by atoms with Crippen LogP contribution in [0.5, 0.6) is 11.5 Å². The maximum atomic E-state index is 8.77. The van der Waals surface area contributed by atoms with E-state index in [0.29, 0.717) is 0 Å². The number of ether oxygens (including phenoxy) is 2. The normalized spacial score (nSPS) is 11.5. The fourth-order valence-corrected chi connectivity index (χ4v) is 1.04. The molecule has 0 saturated heterocycles. The van der Waals surface area contributed by atoms with Crippen LogP contribution in [0.1, 0.15) is 5.56 Å². The molecule has 0 amide bonds. The number of fused-ring (bicyclic) bond motifs is 1. The molecule has 1 aliphatic heterocycles. The van der Waals surface area contributed by atoms with Crippen molar-refractivity contribution in [1.29, 1.82) is 0 Å². The predicted octanol–water partition coefficient (Wildman–Crippen LogP) is 0.608. The molecule has 0 aliphatic carbocycles. The van der Waals surface area contributed by atoms with Gasteiger partial charge in [-0.2, -0.15) is 0 Å². The van der Waals surface area contributed by atoms with Gasteiger partial charge in [-0.05, 0) is 17.7 Å². The first-order chi connectivity index (χ1) is 6.81. The van der Waals surface area contributed by atoms with Crippen molar-refractivity contribution in [2.24, 2.45) is 0 Å². The molecule has 0 unspecified atom stereocenters. The van der Waals surface area contributed by atoms with Gasteiger partial charge in [0.2, 0.25) is 6.79 Å². The van der Waals surface area contributed by atoms with Crippen molar-refractivity contribution in [2.45, 2.75) is 6.61 Å². The molecule has 5 heteroatoms. The van der Waals surface area contributed by atoms with E-state index in [1.807, 2.05) is 6.07 Å². The molecule has 1 aliphatic rings. The van der Waals surface area contributed by atoms with Crippen molar-refractivity contribution in [3.05, 3.63) is 23.8 Å². The zero-order valence-corrected chi connectivity index (χ0v) is 7.34. The third-order valence-electron chi connectivity index (χ3n) is 1.62. The molecule has 0 saturated carbocycles. The summed E-state index contributed by atoms with van der Waals surface area (Å²) in [5, 5.41) is 15.7. The Hall–Kier alpha value is -1.75. The minimum absolute atomic E-state index is 0.0383. The maximum absolute atomic E-state index is 8.77. The van der Waals surface area contributed by atoms with Crippen LogP contribution < -0.4 is 9.47 Å². The topological polar surface area (TPSA) is 76.0 Å². The van der Waals surface area contributed by atoms with E-state index in [2.05, 4.69) is 0 Å². The number of aliphatic hydroxyl groups is 1. The van der Waals surface area contributed by atoms with Crippen molar-refractivity contribution in [2.75, 3.05) is 6.79 Å². The lowest BCUT2D eigenvalue weighted by Gasteiger charge is -1.97. The minimum atomic E-state index is -0.250. The smallest absolute Gasteiger partial charge is 0.290 e. The first-order valence-corrected chi connectivity index (χ1v) is 3.89. The van der Waals surface area contributed by atoms with Gasteiger partial charge >= 0.3 is 0 Å². The van der Waals surface area contributed by atoms with Crippen LogP contribution in [0.2, 0.25) is 0 Å². The molecule has 1 heterocycles. The lowest BCUT2D eigenvalue weighted by molar-refractivity contribution is -0.122. The number of aliphatic hydroxyl groups excluding tert-OH is 1. The Morgan fingerprint density at radius 1 is 1.36 bits per heavy atom. The minimum Gasteiger partial charge on any atom is -0.483 e. The first-order valence-electron chi connectivity index (χ1n) is 3.89. The molecule has 0 atom stereocenters. The van der Waals surface area contributed by atoms with Crippen molar-refractivity contribution in [1.82, 2.24) is 0 Å². The van der Waals surface area contributed by atoms with Gasteiger partial charge in [-0.25, -0.2) is 0 Å². The van der Waals surface area contributed by atoms with Crippen LogP contribution >= 0.6 is 0 Å². The van der Waals surface area contributed by atoms with Gasteiger partial charge in [-0.15, -0.1) is 0 Å². The Labute approximate surface area is 80.5 Å². The second kappa shape index (κ2) is 5.08. The molecule has 1 aromatic rings. The van der Waals surface area contributed by atoms with Crippen LogP contribution in [0.3, 0.4) is 0 Å². The second-order valence-electron chi connectivity index (χ2n) is 2.45. The van der Waals surface area contributed by atoms with Crippen molar-refractivity contribution in [3.63, 3.8) is 0 Å². The lowest BCUT2D eigenvalue weighted by atomic mass is 10.2. The fourth-order valence-electron chi connectivity index (χ4n) is 1.04. The molecule has 0 bridgehead atoms. The van der Waals surface area contributed by atoms with E-state index in [0.717, 1.165) is 17.1 Å². The molecule has 2 N–H and O–H groups in total. The Balaban J connectivity index is 0.000000293. The highest BCUT2D eigenvalue weighted by Crippen LogP contribution is 2.32. The molecule has 5 nitrogen and oxygen atoms in total. The van der Waals surface area contributed by atoms with E-state index >= 15 is 0 Å². The quantitative estimate of drug-likeness (QED) is 0.646. The number of carboxylic acid groups (broad SMARTS) is 1. The average Bonchev–Trinajstić information content (AvgIpc) is 2.65. The van der Waals surface area contributed by atoms with E-state index in [1.54, 1.807) is 12.1 Å². The van der Waals surface area contributed by atoms with Gasteiger partial charge < -0.3 is 19.7 Å². The number of benzene rings is 1. The number of carbonyl (C=O) groups is 1. The van der Waals surface area contributed by atoms with Crippen molar-refractivity contribution >= 4 is 6.47 Å². The molecule has 76 valence electrons. The summed E-state index contributed by atoms with van der Waals surface area (Å²) in [6, 6.07) is 5.39. The summed E-state index contributed by atoms with van der Waals surface area (Å²) in [6.45, 7) is 0.0703. The maximum Gasteiger partial charge on any atom is 0.290 e. The van der Waals surface area contributed by atoms with Crippen LogP contribution in [0.25, 0.3) is 0 Å². The lowest BCUT2D eigenvalue weighted by Crippen LogP contribution is -1.92. The Bertz CT molecular complexity index is 310. The highest BCUT2D eigenvalue weighted by Gasteiger charge is 2.12. The van der Waals surface area contributed by atoms with Gasteiger partial charge in [-0.3, -0.25) is 4.79 Å². The molecule has 2 rings (SSSR count). The van der Waals surface area contributed by atoms with E-state index < -0.39 is 0 Å². The highest BCUT2D eigenvalue weighted by molar-refractivity contribution is 5.44. The van der Waals surface area contributed by atoms with Crippen LogP contribution in [-0.4, -0.2) is 23.5 Å². The molecule has 1 aromatic carbocycles. The van der Waals surface area contributed by atoms with E-state index in [4.69, 9.17) is 24.5 Å². The molecule has 0 aromatic heterocycles. The van der Waals surface area contributed by atoms with Crippen LogP contribution in [0.4, 0.5) is 0 Å². The van der Waals surface area contributed by atoms with Gasteiger partial charge in [0.15, 0.2) is 11.5 Å². The third-order valence-corrected chi connectivity index (χ3v) is 1.62. The Morgan fingerprint density at radius 3 is 2.64 bits per heavy atom. The summed E-state index contributed by atoms with van der Waals surface area (Å²) in [7, 11) is 0. The monoisotopic (exact) mass is 198 g/mol. The van der Waals surface area contributed by atoms with Gasteiger partial charge in [0.25, 0.3) is 6.47 Å². The largest absolute Gasteiger partial charge is 0.483 e. The van der Waals surface area contributed by atoms with E-state index in [1.165, 1.54) is 0 Å². The highest BCUT2D eigenvalue weighted by atomic mass is 16.7. The van der Waals surface area contributed by atoms with Gasteiger partial charge in [-0.1, -0.05) is 6.07 Å². The first kappa shape index (κ1) is 10.3. The molecular formula is C9H10O5. The van der Waals surface area contributed by atoms with Crippen molar-refractivity contribution < 1.29 is 24.5 Å². The standard InChI is InChI=1S/C8H8O3.CH2O2/c9-4-6-1-2-7-8(3-6)11-5-10-7;2-1-3/h1-3,9H,4-5H2;1H,(H,2,3). The molecule has 0 spiro atoms. The zero-order chi connectivity index (χ0) is 10.4. The predicted molar refractivity (Wildman–Crippen MR) is 47.2 cm³/mol. The second-order valence-corrected chi connectivity index (χ2v) is 2.45. The van der Waals surface area contributed by atoms with Crippen molar-refractivity contribution in [3.8, 4) is 11.5 Å². The van der Waals surface area contributed by atoms with E-state index in [-0.39, 0.29) is 19.9 Å². The molecule has 14 heavy (non-hydrogen) atoms. The number of hydrogen-bond acceptors (Lipinski definition) is 4.